The Kier molecular flexibility index (Phi) is 2.84. The smallest absolute Gasteiger partial charge is 0.294 e. The van der Waals surface area contributed by atoms with Crippen LogP contribution in [0.25, 0.3) is 0 Å². The van der Waals surface area contributed by atoms with Crippen LogP contribution in [0.3, 0.4) is 0 Å². The van der Waals surface area contributed by atoms with Gasteiger partial charge in [0.1, 0.15) is 5.75 Å². The Morgan fingerprint density at radius 2 is 2.27 bits per heavy atom. The summed E-state index contributed by atoms with van der Waals surface area (Å²) in [5.74, 6) is 0.268. The maximum Gasteiger partial charge on any atom is 0.294 e. The van der Waals surface area contributed by atoms with Crippen molar-refractivity contribution in [3.63, 3.8) is 0 Å². The minimum Gasteiger partial charge on any atom is -0.453 e. The summed E-state index contributed by atoms with van der Waals surface area (Å²) in [5.41, 5.74) is 0.653. The largest absolute Gasteiger partial charge is 0.453 e. The standard InChI is InChI=1S/C10H11NO4/c1-13-6-14-10-9(12)11-7-4-2-3-5-8(7)15-10/h2-5,10H,6H2,1H3,(H,11,12). The molecular formula is C10H11NO4. The molecule has 1 amide bonds. The molecule has 5 nitrogen and oxygen atoms in total. The van der Waals surface area contributed by atoms with Crippen molar-refractivity contribution in [2.24, 2.45) is 0 Å². The van der Waals surface area contributed by atoms with Crippen molar-refractivity contribution in [1.29, 1.82) is 0 Å². The lowest BCUT2D eigenvalue weighted by atomic mass is 10.2. The van der Waals surface area contributed by atoms with Gasteiger partial charge in [-0.05, 0) is 12.1 Å². The highest BCUT2D eigenvalue weighted by Crippen LogP contribution is 2.28. The molecule has 0 fully saturated rings. The molecule has 0 bridgehead atoms. The van der Waals surface area contributed by atoms with Gasteiger partial charge in [0.2, 0.25) is 0 Å². The first-order valence-electron chi connectivity index (χ1n) is 4.48. The van der Waals surface area contributed by atoms with Gasteiger partial charge in [-0.15, -0.1) is 0 Å². The number of hydrogen-bond donors (Lipinski definition) is 1. The van der Waals surface area contributed by atoms with Gasteiger partial charge in [-0.25, -0.2) is 0 Å². The highest BCUT2D eigenvalue weighted by molar-refractivity contribution is 5.96. The molecule has 1 aromatic rings. The third kappa shape index (κ3) is 2.08. The minimum absolute atomic E-state index is 0.0141. The summed E-state index contributed by atoms with van der Waals surface area (Å²) in [4.78, 5) is 11.4. The number of hydrogen-bond acceptors (Lipinski definition) is 4. The predicted octanol–water partition coefficient (Wildman–Crippen LogP) is 0.964. The molecule has 0 aromatic heterocycles. The molecule has 5 heteroatoms. The second-order valence-electron chi connectivity index (χ2n) is 3.01. The highest BCUT2D eigenvalue weighted by Gasteiger charge is 2.27. The Labute approximate surface area is 86.9 Å². The third-order valence-corrected chi connectivity index (χ3v) is 1.93. The Balaban J connectivity index is 2.11. The van der Waals surface area contributed by atoms with E-state index in [0.717, 1.165) is 0 Å². The van der Waals surface area contributed by atoms with E-state index in [0.29, 0.717) is 11.4 Å². The van der Waals surface area contributed by atoms with Crippen molar-refractivity contribution < 1.29 is 19.0 Å². The van der Waals surface area contributed by atoms with Crippen LogP contribution < -0.4 is 10.1 Å². The molecule has 1 aliphatic rings. The van der Waals surface area contributed by atoms with Crippen LogP contribution in [-0.4, -0.2) is 26.1 Å². The van der Waals surface area contributed by atoms with E-state index in [2.05, 4.69) is 5.32 Å². The van der Waals surface area contributed by atoms with Crippen molar-refractivity contribution >= 4 is 11.6 Å². The number of rotatable bonds is 3. The van der Waals surface area contributed by atoms with Crippen molar-refractivity contribution in [3.05, 3.63) is 24.3 Å². The van der Waals surface area contributed by atoms with Gasteiger partial charge >= 0.3 is 0 Å². The van der Waals surface area contributed by atoms with Crippen LogP contribution in [0.5, 0.6) is 5.75 Å². The van der Waals surface area contributed by atoms with Gasteiger partial charge in [0.05, 0.1) is 5.69 Å². The molecule has 15 heavy (non-hydrogen) atoms. The van der Waals surface area contributed by atoms with Crippen LogP contribution in [0, 0.1) is 0 Å². The lowest BCUT2D eigenvalue weighted by Gasteiger charge is -2.24. The highest BCUT2D eigenvalue weighted by atomic mass is 16.7. The first kappa shape index (κ1) is 9.95. The van der Waals surface area contributed by atoms with Crippen molar-refractivity contribution in [2.45, 2.75) is 6.29 Å². The summed E-state index contributed by atoms with van der Waals surface area (Å²) >= 11 is 0. The van der Waals surface area contributed by atoms with Gasteiger partial charge in [0.25, 0.3) is 12.2 Å². The number of para-hydroxylation sites is 2. The number of amides is 1. The zero-order valence-electron chi connectivity index (χ0n) is 8.23. The van der Waals surface area contributed by atoms with Gasteiger partial charge in [0, 0.05) is 7.11 Å². The summed E-state index contributed by atoms with van der Waals surface area (Å²) in [7, 11) is 1.48. The van der Waals surface area contributed by atoms with Crippen LogP contribution in [0.1, 0.15) is 0 Å². The van der Waals surface area contributed by atoms with Crippen molar-refractivity contribution in [1.82, 2.24) is 0 Å². The van der Waals surface area contributed by atoms with Crippen LogP contribution in [0.15, 0.2) is 24.3 Å². The summed E-state index contributed by atoms with van der Waals surface area (Å²) in [5, 5.41) is 2.67. The Bertz CT molecular complexity index is 366. The van der Waals surface area contributed by atoms with Crippen molar-refractivity contribution in [3.8, 4) is 5.75 Å². The second kappa shape index (κ2) is 4.29. The van der Waals surface area contributed by atoms with Gasteiger partial charge in [-0.2, -0.15) is 0 Å². The fourth-order valence-corrected chi connectivity index (χ4v) is 1.27. The van der Waals surface area contributed by atoms with Gasteiger partial charge in [0.15, 0.2) is 6.79 Å². The first-order chi connectivity index (χ1) is 7.31. The number of benzene rings is 1. The van der Waals surface area contributed by atoms with Gasteiger partial charge in [-0.1, -0.05) is 12.1 Å². The van der Waals surface area contributed by atoms with Crippen LogP contribution in [-0.2, 0) is 14.3 Å². The summed E-state index contributed by atoms with van der Waals surface area (Å²) in [6.07, 6.45) is -0.945. The SMILES string of the molecule is COCOC1Oc2ccccc2NC1=O. The number of carbonyl (C=O) groups is 1. The van der Waals surface area contributed by atoms with Crippen LogP contribution in [0.4, 0.5) is 5.69 Å². The number of anilines is 1. The topological polar surface area (TPSA) is 56.8 Å². The first-order valence-corrected chi connectivity index (χ1v) is 4.48. The van der Waals surface area contributed by atoms with E-state index in [1.807, 2.05) is 12.1 Å². The maximum atomic E-state index is 11.4. The fourth-order valence-electron chi connectivity index (χ4n) is 1.27. The van der Waals surface area contributed by atoms with E-state index < -0.39 is 6.29 Å². The molecule has 0 saturated heterocycles. The van der Waals surface area contributed by atoms with E-state index in [1.54, 1.807) is 12.1 Å². The average Bonchev–Trinajstić information content (AvgIpc) is 2.26. The molecule has 0 spiro atoms. The summed E-state index contributed by atoms with van der Waals surface area (Å²) in [6.45, 7) is 0.0141. The van der Waals surface area contributed by atoms with E-state index in [4.69, 9.17) is 14.2 Å². The molecule has 1 N–H and O–H groups in total. The molecule has 1 aliphatic heterocycles. The summed E-state index contributed by atoms with van der Waals surface area (Å²) in [6, 6.07) is 7.17. The molecular weight excluding hydrogens is 198 g/mol. The lowest BCUT2D eigenvalue weighted by molar-refractivity contribution is -0.169. The third-order valence-electron chi connectivity index (χ3n) is 1.93. The zero-order valence-corrected chi connectivity index (χ0v) is 8.23. The molecule has 0 saturated carbocycles. The van der Waals surface area contributed by atoms with E-state index in [1.165, 1.54) is 7.11 Å². The molecule has 1 aromatic carbocycles. The molecule has 0 radical (unpaired) electrons. The molecule has 1 unspecified atom stereocenters. The number of methoxy groups -OCH3 is 1. The van der Waals surface area contributed by atoms with E-state index in [9.17, 15) is 4.79 Å². The van der Waals surface area contributed by atoms with E-state index in [-0.39, 0.29) is 12.7 Å². The number of nitrogens with one attached hydrogen (secondary N) is 1. The molecule has 2 rings (SSSR count). The van der Waals surface area contributed by atoms with Gasteiger partial charge in [-0.3, -0.25) is 4.79 Å². The molecule has 80 valence electrons. The Morgan fingerprint density at radius 1 is 1.47 bits per heavy atom. The van der Waals surface area contributed by atoms with Gasteiger partial charge < -0.3 is 19.5 Å². The van der Waals surface area contributed by atoms with Crippen molar-refractivity contribution in [2.75, 3.05) is 19.2 Å². The monoisotopic (exact) mass is 209 g/mol. The molecule has 1 atom stereocenters. The number of fused-ring (bicyclic) bond motifs is 1. The normalized spacial score (nSPS) is 19.0. The average molecular weight is 209 g/mol. The number of ether oxygens (including phenoxy) is 3. The molecule has 0 aliphatic carbocycles. The van der Waals surface area contributed by atoms with E-state index >= 15 is 0 Å². The minimum atomic E-state index is -0.945. The van der Waals surface area contributed by atoms with Crippen LogP contribution >= 0.6 is 0 Å². The predicted molar refractivity (Wildman–Crippen MR) is 52.4 cm³/mol. The number of carbonyl (C=O) groups excluding carboxylic acids is 1. The zero-order chi connectivity index (χ0) is 10.7. The quantitative estimate of drug-likeness (QED) is 0.753. The fraction of sp³-hybridized carbons (Fsp3) is 0.300. The Morgan fingerprint density at radius 3 is 3.07 bits per heavy atom. The molecule has 1 heterocycles. The second-order valence-corrected chi connectivity index (χ2v) is 3.01. The van der Waals surface area contributed by atoms with Crippen LogP contribution in [0.2, 0.25) is 0 Å². The Hall–Kier alpha value is -1.59. The lowest BCUT2D eigenvalue weighted by Crippen LogP contribution is -2.39. The maximum absolute atomic E-state index is 11.4. The summed E-state index contributed by atoms with van der Waals surface area (Å²) < 4.78 is 15.1.